The Hall–Kier alpha value is -4.60. The highest BCUT2D eigenvalue weighted by Crippen LogP contribution is 2.32. The molecule has 2 saturated heterocycles. The van der Waals surface area contributed by atoms with Gasteiger partial charge in [0.1, 0.15) is 17.2 Å². The third-order valence-electron chi connectivity index (χ3n) is 11.9. The normalized spacial score (nSPS) is 17.4. The molecule has 8 rings (SSSR count). The summed E-state index contributed by atoms with van der Waals surface area (Å²) in [6.45, 7) is 17.7. The molecule has 6 aromatic rings. The molecular weight excluding hydrogens is 1040 g/mol. The van der Waals surface area contributed by atoms with Crippen molar-refractivity contribution in [1.82, 2.24) is 47.5 Å². The molecule has 0 aliphatic carbocycles. The van der Waals surface area contributed by atoms with E-state index in [1.54, 1.807) is 57.7 Å². The number of anilines is 1. The maximum Gasteiger partial charge on any atom is 0.254 e. The number of nitrogens with zero attached hydrogens (tertiary/aromatic N) is 11. The Morgan fingerprint density at radius 3 is 1.35 bits per heavy atom. The molecular formula is C44H57BrF2N12O6S4. The lowest BCUT2D eigenvalue weighted by atomic mass is 10.1. The van der Waals surface area contributed by atoms with E-state index >= 15 is 0 Å². The molecule has 0 bridgehead atoms. The monoisotopic (exact) mass is 1090 g/mol. The first kappa shape index (κ1) is 53.7. The minimum Gasteiger partial charge on any atom is -0.375 e. The number of imidazole rings is 2. The maximum absolute atomic E-state index is 13.3. The van der Waals surface area contributed by atoms with Crippen LogP contribution in [0.4, 0.5) is 13.9 Å². The van der Waals surface area contributed by atoms with Gasteiger partial charge in [-0.05, 0) is 99.8 Å². The van der Waals surface area contributed by atoms with E-state index in [-0.39, 0.29) is 49.4 Å². The second-order valence-corrected chi connectivity index (χ2v) is 25.1. The van der Waals surface area contributed by atoms with Crippen molar-refractivity contribution in [2.24, 2.45) is 5.34 Å². The number of sulfonamides is 2. The summed E-state index contributed by atoms with van der Waals surface area (Å²) in [6, 6.07) is 13.1. The molecule has 69 heavy (non-hydrogen) atoms. The number of nitrogen functional groups attached to an aromatic ring is 1. The Bertz CT molecular complexity index is 2640. The van der Waals surface area contributed by atoms with Gasteiger partial charge in [-0.25, -0.2) is 45.6 Å². The van der Waals surface area contributed by atoms with Gasteiger partial charge in [0.2, 0.25) is 0 Å². The predicted octanol–water partition coefficient (Wildman–Crippen LogP) is 8.14. The van der Waals surface area contributed by atoms with E-state index in [0.29, 0.717) is 56.3 Å². The minimum absolute atomic E-state index is 0.000922. The Morgan fingerprint density at radius 1 is 0.638 bits per heavy atom. The van der Waals surface area contributed by atoms with Crippen molar-refractivity contribution in [2.45, 2.75) is 86.7 Å². The number of halogens is 3. The third kappa shape index (κ3) is 13.4. The number of hydrogen-bond acceptors (Lipinski definition) is 16. The van der Waals surface area contributed by atoms with Crippen molar-refractivity contribution in [3.05, 3.63) is 129 Å². The highest BCUT2D eigenvalue weighted by atomic mass is 79.9. The van der Waals surface area contributed by atoms with Crippen LogP contribution < -0.4 is 5.73 Å². The van der Waals surface area contributed by atoms with Gasteiger partial charge in [-0.3, -0.25) is 9.80 Å². The first-order chi connectivity index (χ1) is 32.6. The van der Waals surface area contributed by atoms with Gasteiger partial charge in [-0.1, -0.05) is 46.9 Å². The summed E-state index contributed by atoms with van der Waals surface area (Å²) in [4.78, 5) is 34.7. The van der Waals surface area contributed by atoms with E-state index in [0.717, 1.165) is 45.2 Å². The molecule has 25 heteroatoms. The van der Waals surface area contributed by atoms with E-state index in [1.807, 2.05) is 12.4 Å². The Morgan fingerprint density at radius 2 is 1.03 bits per heavy atom. The average molecular weight is 1100 g/mol. The van der Waals surface area contributed by atoms with Gasteiger partial charge in [0.05, 0.1) is 48.5 Å². The molecule has 0 radical (unpaired) electrons. The summed E-state index contributed by atoms with van der Waals surface area (Å²) in [5.74, 6) is -0.516. The van der Waals surface area contributed by atoms with E-state index in [1.165, 1.54) is 45.3 Å². The molecule has 0 spiro atoms. The van der Waals surface area contributed by atoms with Crippen molar-refractivity contribution < 1.29 is 30.5 Å². The number of nitrogens with two attached hydrogens (primary N) is 1. The molecule has 2 fully saturated rings. The lowest BCUT2D eigenvalue weighted by Gasteiger charge is -2.37. The molecule has 2 aromatic carbocycles. The van der Waals surface area contributed by atoms with Crippen LogP contribution in [-0.4, -0.2) is 122 Å². The van der Waals surface area contributed by atoms with Gasteiger partial charge >= 0.3 is 0 Å². The van der Waals surface area contributed by atoms with Crippen LogP contribution in [0.5, 0.6) is 0 Å². The van der Waals surface area contributed by atoms with Gasteiger partial charge in [0.25, 0.3) is 20.0 Å². The predicted molar refractivity (Wildman–Crippen MR) is 265 cm³/mol. The molecule has 4 atom stereocenters. The number of hydrogen-bond donors (Lipinski definition) is 1. The fraction of sp³-hybridized carbons (Fsp3) is 0.455. The standard InChI is InChI=1S/C20H23BrFN5O2S2.C20H25FN6O2S2.C4H9NO2/c1-14(16-3-5-17(22)6-4-16)27-13-23-11-18(27)15(2)25-7-9-26(10-8-25)31(28,29)19-12-24-20(21)30-19;1-14(16-3-5-17(21)6-4-16)27-13-23-11-18(27)15(2)25-7-9-26(10-8-25)31(28,29)19-12-24-20(22)30-19;1-4(2,3)7-5-6/h3-6,11-15H,7-10H2,1-2H3;3-6,11-15H,7-10H2,1-2H3,(H2,22,24);1-3H3/t2*14-,15?;/m11./s1. The van der Waals surface area contributed by atoms with Gasteiger partial charge in [0.15, 0.2) is 22.8 Å². The lowest BCUT2D eigenvalue weighted by Crippen LogP contribution is -2.49. The summed E-state index contributed by atoms with van der Waals surface area (Å²) in [7, 11) is -7.09. The van der Waals surface area contributed by atoms with Gasteiger partial charge < -0.3 is 19.7 Å². The van der Waals surface area contributed by atoms with E-state index in [9.17, 15) is 30.5 Å². The van der Waals surface area contributed by atoms with E-state index in [4.69, 9.17) is 5.73 Å². The van der Waals surface area contributed by atoms with Crippen LogP contribution in [0.2, 0.25) is 0 Å². The number of thiazole rings is 2. The van der Waals surface area contributed by atoms with Crippen molar-refractivity contribution >= 4 is 63.8 Å². The van der Waals surface area contributed by atoms with Crippen molar-refractivity contribution in [3.63, 3.8) is 0 Å². The molecule has 2 aliphatic heterocycles. The van der Waals surface area contributed by atoms with Crippen LogP contribution in [0.3, 0.4) is 0 Å². The Labute approximate surface area is 418 Å². The molecule has 0 amide bonds. The molecule has 0 saturated carbocycles. The van der Waals surface area contributed by atoms with E-state index < -0.39 is 25.6 Å². The van der Waals surface area contributed by atoms with Gasteiger partial charge in [-0.15, -0.1) is 4.91 Å². The molecule has 18 nitrogen and oxygen atoms in total. The topological polar surface area (TPSA) is 207 Å². The second kappa shape index (κ2) is 23.1. The lowest BCUT2D eigenvalue weighted by molar-refractivity contribution is -0.00230. The number of piperazine rings is 2. The molecule has 374 valence electrons. The summed E-state index contributed by atoms with van der Waals surface area (Å²) in [5, 5.41) is 2.50. The highest BCUT2D eigenvalue weighted by molar-refractivity contribution is 9.11. The van der Waals surface area contributed by atoms with Crippen LogP contribution in [-0.2, 0) is 24.9 Å². The summed E-state index contributed by atoms with van der Waals surface area (Å²) < 4.78 is 86.1. The zero-order chi connectivity index (χ0) is 50.3. The molecule has 4 aromatic heterocycles. The summed E-state index contributed by atoms with van der Waals surface area (Å²) in [6.07, 6.45) is 9.99. The fourth-order valence-electron chi connectivity index (χ4n) is 7.88. The zero-order valence-corrected chi connectivity index (χ0v) is 44.1. The van der Waals surface area contributed by atoms with E-state index in [2.05, 4.69) is 92.7 Å². The molecule has 2 unspecified atom stereocenters. The van der Waals surface area contributed by atoms with Crippen LogP contribution >= 0.6 is 38.6 Å². The summed E-state index contributed by atoms with van der Waals surface area (Å²) >= 11 is 5.34. The SMILES string of the molecule is CC(C)(C)ON=O.CC(c1cncn1[C@H](C)c1ccc(F)cc1)N1CCN(S(=O)(=O)c2cnc(Br)s2)CC1.CC(c1cncn1[C@H](C)c1ccc(F)cc1)N1CCN(S(=O)(=O)c2cnc(N)s2)CC1. The quantitative estimate of drug-likeness (QED) is 0.0857. The smallest absolute Gasteiger partial charge is 0.254 e. The van der Waals surface area contributed by atoms with Gasteiger partial charge in [0, 0.05) is 76.8 Å². The first-order valence-electron chi connectivity index (χ1n) is 22.0. The zero-order valence-electron chi connectivity index (χ0n) is 39.3. The maximum atomic E-state index is 13.3. The van der Waals surface area contributed by atoms with Crippen LogP contribution in [0.15, 0.2) is 104 Å². The molecule has 2 aliphatic rings. The van der Waals surface area contributed by atoms with Crippen molar-refractivity contribution in [3.8, 4) is 0 Å². The largest absolute Gasteiger partial charge is 0.375 e. The first-order valence-corrected chi connectivity index (χ1v) is 27.3. The van der Waals surface area contributed by atoms with Crippen LogP contribution in [0.25, 0.3) is 0 Å². The molecule has 2 N–H and O–H groups in total. The number of rotatable bonds is 13. The number of aromatic nitrogens is 6. The van der Waals surface area contributed by atoms with Crippen LogP contribution in [0.1, 0.15) is 95.1 Å². The summed E-state index contributed by atoms with van der Waals surface area (Å²) in [5.41, 5.74) is 9.23. The number of benzene rings is 2. The molecule has 6 heterocycles. The fourth-order valence-corrected chi connectivity index (χ4v) is 13.8. The third-order valence-corrected chi connectivity index (χ3v) is 18.9. The minimum atomic E-state index is -3.57. The second-order valence-electron chi connectivity index (χ2n) is 17.4. The van der Waals surface area contributed by atoms with Crippen LogP contribution in [0, 0.1) is 16.5 Å². The highest BCUT2D eigenvalue weighted by Gasteiger charge is 2.34. The Kier molecular flexibility index (Phi) is 18.0. The Balaban J connectivity index is 0.000000199. The van der Waals surface area contributed by atoms with Crippen molar-refractivity contribution in [1.29, 1.82) is 0 Å². The average Bonchev–Trinajstić information content (AvgIpc) is 4.18. The van der Waals surface area contributed by atoms with Gasteiger partial charge in [-0.2, -0.15) is 8.61 Å². The van der Waals surface area contributed by atoms with Crippen molar-refractivity contribution in [2.75, 3.05) is 58.1 Å².